The molecule has 0 atom stereocenters. The lowest BCUT2D eigenvalue weighted by atomic mass is 10.1. The smallest absolute Gasteiger partial charge is 0.238 e. The first-order valence-corrected chi connectivity index (χ1v) is 6.38. The summed E-state index contributed by atoms with van der Waals surface area (Å²) >= 11 is 0. The Balaban J connectivity index is 1.90. The number of rotatable bonds is 5. The third-order valence-electron chi connectivity index (χ3n) is 3.33. The van der Waals surface area contributed by atoms with Crippen LogP contribution in [0.5, 0.6) is 0 Å². The van der Waals surface area contributed by atoms with Crippen LogP contribution in [0.15, 0.2) is 24.3 Å². The number of hydrogen-bond donors (Lipinski definition) is 2. The second-order valence-corrected chi connectivity index (χ2v) is 4.91. The molecule has 0 unspecified atom stereocenters. The van der Waals surface area contributed by atoms with Gasteiger partial charge in [-0.1, -0.05) is 12.1 Å². The zero-order valence-corrected chi connectivity index (χ0v) is 11.3. The molecule has 0 saturated carbocycles. The fourth-order valence-corrected chi connectivity index (χ4v) is 1.96. The second-order valence-electron chi connectivity index (χ2n) is 4.91. The number of ketones is 1. The molecule has 2 N–H and O–H groups in total. The Hall–Kier alpha value is -1.72. The Labute approximate surface area is 113 Å². The van der Waals surface area contributed by atoms with Gasteiger partial charge in [0.25, 0.3) is 0 Å². The number of carbonyl (C=O) groups excluding carboxylic acids is 2. The maximum atomic E-state index is 11.9. The lowest BCUT2D eigenvalue weighted by Gasteiger charge is -2.35. The highest BCUT2D eigenvalue weighted by molar-refractivity contribution is 5.97. The molecule has 5 heteroatoms. The first-order valence-electron chi connectivity index (χ1n) is 6.38. The lowest BCUT2D eigenvalue weighted by Crippen LogP contribution is -2.57. The van der Waals surface area contributed by atoms with Crippen LogP contribution in [0.1, 0.15) is 17.3 Å². The average Bonchev–Trinajstić information content (AvgIpc) is 2.26. The molecule has 19 heavy (non-hydrogen) atoms. The summed E-state index contributed by atoms with van der Waals surface area (Å²) in [5, 5.41) is 5.99. The van der Waals surface area contributed by atoms with Crippen molar-refractivity contribution in [1.29, 1.82) is 0 Å². The second kappa shape index (κ2) is 5.95. The molecule has 1 aromatic carbocycles. The van der Waals surface area contributed by atoms with E-state index in [2.05, 4.69) is 10.6 Å². The largest absolute Gasteiger partial charge is 0.325 e. The van der Waals surface area contributed by atoms with Gasteiger partial charge >= 0.3 is 0 Å². The Morgan fingerprint density at radius 3 is 2.74 bits per heavy atom. The number of benzene rings is 1. The Morgan fingerprint density at radius 2 is 2.16 bits per heavy atom. The van der Waals surface area contributed by atoms with Gasteiger partial charge in [-0.25, -0.2) is 0 Å². The zero-order valence-electron chi connectivity index (χ0n) is 11.3. The third kappa shape index (κ3) is 3.62. The lowest BCUT2D eigenvalue weighted by molar-refractivity contribution is -0.117. The highest BCUT2D eigenvalue weighted by atomic mass is 16.2. The van der Waals surface area contributed by atoms with E-state index in [0.29, 0.717) is 23.8 Å². The van der Waals surface area contributed by atoms with Crippen LogP contribution in [-0.2, 0) is 4.79 Å². The monoisotopic (exact) mass is 261 g/mol. The minimum Gasteiger partial charge on any atom is -0.325 e. The molecule has 102 valence electrons. The minimum absolute atomic E-state index is 0.00578. The van der Waals surface area contributed by atoms with Gasteiger partial charge in [0.1, 0.15) is 0 Å². The predicted octanol–water partition coefficient (Wildman–Crippen LogP) is 0.731. The molecule has 0 aliphatic carbocycles. The summed E-state index contributed by atoms with van der Waals surface area (Å²) < 4.78 is 0. The van der Waals surface area contributed by atoms with E-state index in [0.717, 1.165) is 13.1 Å². The molecular weight excluding hydrogens is 242 g/mol. The van der Waals surface area contributed by atoms with Gasteiger partial charge in [0.2, 0.25) is 5.91 Å². The molecule has 1 heterocycles. The SMILES string of the molecule is CC(=O)c1cccc(NC(=O)CN(C)C2CNC2)c1. The molecule has 1 fully saturated rings. The standard InChI is InChI=1S/C14H19N3O2/c1-10(18)11-4-3-5-12(6-11)16-14(19)9-17(2)13-7-15-8-13/h3-6,13,15H,7-9H2,1-2H3,(H,16,19). The van der Waals surface area contributed by atoms with Crippen LogP contribution < -0.4 is 10.6 Å². The summed E-state index contributed by atoms with van der Waals surface area (Å²) in [7, 11) is 1.94. The molecule has 1 aliphatic rings. The third-order valence-corrected chi connectivity index (χ3v) is 3.33. The van der Waals surface area contributed by atoms with Gasteiger partial charge < -0.3 is 10.6 Å². The molecular formula is C14H19N3O2. The number of nitrogens with one attached hydrogen (secondary N) is 2. The summed E-state index contributed by atoms with van der Waals surface area (Å²) in [6.07, 6.45) is 0. The average molecular weight is 261 g/mol. The first kappa shape index (κ1) is 13.7. The fraction of sp³-hybridized carbons (Fsp3) is 0.429. The number of hydrogen-bond acceptors (Lipinski definition) is 4. The normalized spacial score (nSPS) is 15.1. The van der Waals surface area contributed by atoms with E-state index in [1.165, 1.54) is 6.92 Å². The number of carbonyl (C=O) groups is 2. The summed E-state index contributed by atoms with van der Waals surface area (Å²) in [6, 6.07) is 7.44. The van der Waals surface area contributed by atoms with Crippen molar-refractivity contribution in [3.8, 4) is 0 Å². The van der Waals surface area contributed by atoms with Gasteiger partial charge in [-0.2, -0.15) is 0 Å². The fourth-order valence-electron chi connectivity index (χ4n) is 1.96. The number of amides is 1. The molecule has 0 aromatic heterocycles. The van der Waals surface area contributed by atoms with Crippen molar-refractivity contribution in [2.24, 2.45) is 0 Å². The summed E-state index contributed by atoms with van der Waals surface area (Å²) in [5.74, 6) is -0.0659. The maximum Gasteiger partial charge on any atom is 0.238 e. The van der Waals surface area contributed by atoms with Gasteiger partial charge in [0, 0.05) is 30.4 Å². The topological polar surface area (TPSA) is 61.4 Å². The van der Waals surface area contributed by atoms with Crippen molar-refractivity contribution < 1.29 is 9.59 Å². The van der Waals surface area contributed by atoms with Crippen molar-refractivity contribution in [2.45, 2.75) is 13.0 Å². The van der Waals surface area contributed by atoms with E-state index in [-0.39, 0.29) is 11.7 Å². The van der Waals surface area contributed by atoms with Crippen LogP contribution in [-0.4, -0.2) is 49.3 Å². The summed E-state index contributed by atoms with van der Waals surface area (Å²) in [6.45, 7) is 3.74. The molecule has 0 bridgehead atoms. The van der Waals surface area contributed by atoms with E-state index in [4.69, 9.17) is 0 Å². The predicted molar refractivity (Wildman–Crippen MR) is 74.4 cm³/mol. The Bertz CT molecular complexity index is 483. The number of likely N-dealkylation sites (N-methyl/N-ethyl adjacent to an activating group) is 1. The summed E-state index contributed by atoms with van der Waals surface area (Å²) in [5.41, 5.74) is 1.27. The number of anilines is 1. The van der Waals surface area contributed by atoms with E-state index in [1.54, 1.807) is 24.3 Å². The molecule has 1 aromatic rings. The molecule has 0 spiro atoms. The van der Waals surface area contributed by atoms with Crippen molar-refractivity contribution in [3.63, 3.8) is 0 Å². The van der Waals surface area contributed by atoms with Crippen LogP contribution in [0.4, 0.5) is 5.69 Å². The maximum absolute atomic E-state index is 11.9. The highest BCUT2D eigenvalue weighted by Gasteiger charge is 2.22. The van der Waals surface area contributed by atoms with Gasteiger partial charge in [0.15, 0.2) is 5.78 Å². The zero-order chi connectivity index (χ0) is 13.8. The van der Waals surface area contributed by atoms with Gasteiger partial charge in [-0.05, 0) is 26.1 Å². The van der Waals surface area contributed by atoms with Crippen LogP contribution >= 0.6 is 0 Å². The van der Waals surface area contributed by atoms with Gasteiger partial charge in [-0.15, -0.1) is 0 Å². The first-order chi connectivity index (χ1) is 9.06. The number of Topliss-reactive ketones (excluding diaryl/α,β-unsaturated/α-hetero) is 1. The van der Waals surface area contributed by atoms with E-state index >= 15 is 0 Å². The van der Waals surface area contributed by atoms with Crippen LogP contribution in [0.2, 0.25) is 0 Å². The van der Waals surface area contributed by atoms with Crippen LogP contribution in [0, 0.1) is 0 Å². The van der Waals surface area contributed by atoms with Gasteiger partial charge in [-0.3, -0.25) is 14.5 Å². The van der Waals surface area contributed by atoms with Crippen molar-refractivity contribution in [3.05, 3.63) is 29.8 Å². The highest BCUT2D eigenvalue weighted by Crippen LogP contribution is 2.11. The van der Waals surface area contributed by atoms with E-state index in [9.17, 15) is 9.59 Å². The molecule has 1 aliphatic heterocycles. The van der Waals surface area contributed by atoms with Crippen molar-refractivity contribution in [2.75, 3.05) is 32.0 Å². The van der Waals surface area contributed by atoms with E-state index in [1.807, 2.05) is 11.9 Å². The molecule has 0 radical (unpaired) electrons. The van der Waals surface area contributed by atoms with Crippen LogP contribution in [0.25, 0.3) is 0 Å². The van der Waals surface area contributed by atoms with Gasteiger partial charge in [0.05, 0.1) is 6.54 Å². The van der Waals surface area contributed by atoms with Crippen molar-refractivity contribution >= 4 is 17.4 Å². The molecule has 5 nitrogen and oxygen atoms in total. The van der Waals surface area contributed by atoms with Crippen molar-refractivity contribution in [1.82, 2.24) is 10.2 Å². The molecule has 1 amide bonds. The molecule has 2 rings (SSSR count). The summed E-state index contributed by atoms with van der Waals surface area (Å²) in [4.78, 5) is 25.2. The minimum atomic E-state index is -0.0601. The quantitative estimate of drug-likeness (QED) is 0.767. The Morgan fingerprint density at radius 1 is 1.42 bits per heavy atom. The van der Waals surface area contributed by atoms with E-state index < -0.39 is 0 Å². The number of nitrogens with zero attached hydrogens (tertiary/aromatic N) is 1. The van der Waals surface area contributed by atoms with Crippen LogP contribution in [0.3, 0.4) is 0 Å². The molecule has 1 saturated heterocycles. The Kier molecular flexibility index (Phi) is 4.29.